The summed E-state index contributed by atoms with van der Waals surface area (Å²) in [6, 6.07) is 6.19. The summed E-state index contributed by atoms with van der Waals surface area (Å²) in [5.41, 5.74) is 3.38. The molecular weight excluding hydrogens is 326 g/mol. The predicted molar refractivity (Wildman–Crippen MR) is 96.7 cm³/mol. The van der Waals surface area contributed by atoms with Gasteiger partial charge in [0, 0.05) is 0 Å². The minimum Gasteiger partial charge on any atom is -0.481 e. The second kappa shape index (κ2) is 7.17. The molecule has 1 aliphatic heterocycles. The number of carboxylic acid groups (broad SMARTS) is 1. The van der Waals surface area contributed by atoms with Crippen LogP contribution in [0.3, 0.4) is 0 Å². The largest absolute Gasteiger partial charge is 0.481 e. The molecule has 128 valence electrons. The van der Waals surface area contributed by atoms with E-state index in [-0.39, 0.29) is 17.7 Å². The quantitative estimate of drug-likeness (QED) is 0.647. The lowest BCUT2D eigenvalue weighted by atomic mass is 9.85. The number of thioether (sulfide) groups is 1. The molecule has 0 bridgehead atoms. The summed E-state index contributed by atoms with van der Waals surface area (Å²) in [6.07, 6.45) is 1.40. The molecule has 1 aromatic carbocycles. The van der Waals surface area contributed by atoms with E-state index in [0.717, 1.165) is 22.9 Å². The number of carbonyl (C=O) groups is 2. The van der Waals surface area contributed by atoms with Crippen LogP contribution < -0.4 is 5.32 Å². The Morgan fingerprint density at radius 3 is 2.71 bits per heavy atom. The molecule has 0 spiro atoms. The third-order valence-electron chi connectivity index (χ3n) is 3.62. The number of hydrogen-bond donors (Lipinski definition) is 2. The smallest absolute Gasteiger partial charge is 0.305 e. The van der Waals surface area contributed by atoms with E-state index < -0.39 is 11.2 Å². The molecular formula is C17H21N3O3S. The summed E-state index contributed by atoms with van der Waals surface area (Å²) in [6.45, 7) is 8.50. The molecule has 0 saturated carbocycles. The molecule has 1 aromatic rings. The fourth-order valence-electron chi connectivity index (χ4n) is 2.18. The molecule has 1 fully saturated rings. The minimum atomic E-state index is -1.01. The molecule has 1 amide bonds. The summed E-state index contributed by atoms with van der Waals surface area (Å²) >= 11 is 1.09. The van der Waals surface area contributed by atoms with Gasteiger partial charge < -0.3 is 10.4 Å². The van der Waals surface area contributed by atoms with Crippen LogP contribution in [0, 0.1) is 6.92 Å². The Kier molecular flexibility index (Phi) is 5.43. The Balaban J connectivity index is 2.07. The van der Waals surface area contributed by atoms with Gasteiger partial charge in [-0.3, -0.25) is 9.59 Å². The molecule has 6 nitrogen and oxygen atoms in total. The highest BCUT2D eigenvalue weighted by atomic mass is 32.2. The van der Waals surface area contributed by atoms with Crippen LogP contribution in [-0.4, -0.2) is 33.6 Å². The lowest BCUT2D eigenvalue weighted by molar-refractivity contribution is -0.138. The second-order valence-corrected chi connectivity index (χ2v) is 7.86. The highest BCUT2D eigenvalue weighted by Crippen LogP contribution is 2.24. The van der Waals surface area contributed by atoms with E-state index in [1.54, 1.807) is 6.21 Å². The van der Waals surface area contributed by atoms with Crippen LogP contribution in [0.2, 0.25) is 0 Å². The average molecular weight is 347 g/mol. The number of aryl methyl sites for hydroxylation is 1. The Labute approximate surface area is 145 Å². The summed E-state index contributed by atoms with van der Waals surface area (Å²) in [7, 11) is 0. The molecule has 1 saturated heterocycles. The van der Waals surface area contributed by atoms with Gasteiger partial charge in [0.1, 0.15) is 5.25 Å². The average Bonchev–Trinajstić information content (AvgIpc) is 2.79. The molecule has 1 atom stereocenters. The molecule has 2 N–H and O–H groups in total. The first-order chi connectivity index (χ1) is 11.2. The van der Waals surface area contributed by atoms with Gasteiger partial charge in [-0.15, -0.1) is 5.10 Å². The number of amidine groups is 1. The zero-order valence-electron chi connectivity index (χ0n) is 14.2. The Bertz CT molecular complexity index is 720. The molecule has 24 heavy (non-hydrogen) atoms. The first kappa shape index (κ1) is 18.2. The van der Waals surface area contributed by atoms with Gasteiger partial charge in [0.05, 0.1) is 12.6 Å². The normalized spacial score (nSPS) is 19.9. The SMILES string of the molecule is Cc1cc(C(C)(C)C)ccc1/C=N/N=C1\NC(=O)C(CC(=O)O)S1. The number of nitrogens with zero attached hydrogens (tertiary/aromatic N) is 2. The number of rotatable bonds is 4. The first-order valence-electron chi connectivity index (χ1n) is 7.58. The number of aliphatic carboxylic acids is 1. The Morgan fingerprint density at radius 2 is 2.12 bits per heavy atom. The fraction of sp³-hybridized carbons (Fsp3) is 0.412. The third kappa shape index (κ3) is 4.67. The van der Waals surface area contributed by atoms with Gasteiger partial charge >= 0.3 is 5.97 Å². The maximum atomic E-state index is 11.6. The zero-order chi connectivity index (χ0) is 17.9. The van der Waals surface area contributed by atoms with Crippen LogP contribution >= 0.6 is 11.8 Å². The lowest BCUT2D eigenvalue weighted by Gasteiger charge is -2.19. The molecule has 0 aromatic heterocycles. The number of nitrogens with one attached hydrogen (secondary N) is 1. The zero-order valence-corrected chi connectivity index (χ0v) is 15.0. The van der Waals surface area contributed by atoms with Crippen LogP contribution in [-0.2, 0) is 15.0 Å². The van der Waals surface area contributed by atoms with Gasteiger partial charge in [0.25, 0.3) is 0 Å². The van der Waals surface area contributed by atoms with Crippen molar-refractivity contribution in [2.75, 3.05) is 0 Å². The number of carbonyl (C=O) groups excluding carboxylic acids is 1. The van der Waals surface area contributed by atoms with Crippen LogP contribution in [0.4, 0.5) is 0 Å². The Hall–Kier alpha value is -2.15. The highest BCUT2D eigenvalue weighted by molar-refractivity contribution is 8.15. The monoisotopic (exact) mass is 347 g/mol. The van der Waals surface area contributed by atoms with Crippen molar-refractivity contribution in [3.05, 3.63) is 34.9 Å². The van der Waals surface area contributed by atoms with Gasteiger partial charge in [-0.25, -0.2) is 0 Å². The third-order valence-corrected chi connectivity index (χ3v) is 4.69. The second-order valence-electron chi connectivity index (χ2n) is 6.66. The lowest BCUT2D eigenvalue weighted by Crippen LogP contribution is -2.26. The van der Waals surface area contributed by atoms with E-state index >= 15 is 0 Å². The van der Waals surface area contributed by atoms with E-state index in [0.29, 0.717) is 5.17 Å². The summed E-state index contributed by atoms with van der Waals surface area (Å²) in [5, 5.41) is 18.9. The number of hydrogen-bond acceptors (Lipinski definition) is 5. The molecule has 0 aliphatic carbocycles. The van der Waals surface area contributed by atoms with Gasteiger partial charge in [-0.2, -0.15) is 5.10 Å². The Morgan fingerprint density at radius 1 is 1.42 bits per heavy atom. The summed E-state index contributed by atoms with van der Waals surface area (Å²) in [4.78, 5) is 22.3. The maximum Gasteiger partial charge on any atom is 0.305 e. The summed E-state index contributed by atoms with van der Waals surface area (Å²) in [5.74, 6) is -1.36. The molecule has 1 aliphatic rings. The summed E-state index contributed by atoms with van der Waals surface area (Å²) < 4.78 is 0. The van der Waals surface area contributed by atoms with E-state index in [1.165, 1.54) is 5.56 Å². The molecule has 7 heteroatoms. The maximum absolute atomic E-state index is 11.6. The van der Waals surface area contributed by atoms with Crippen molar-refractivity contribution in [3.8, 4) is 0 Å². The number of amides is 1. The standard InChI is InChI=1S/C17H21N3O3S/c1-10-7-12(17(2,3)4)6-5-11(10)9-18-20-16-19-15(23)13(24-16)8-14(21)22/h5-7,9,13H,8H2,1-4H3,(H,21,22)(H,19,20,23)/b18-9+. The van der Waals surface area contributed by atoms with Crippen molar-refractivity contribution in [2.24, 2.45) is 10.2 Å². The van der Waals surface area contributed by atoms with Crippen molar-refractivity contribution in [2.45, 2.75) is 44.8 Å². The molecule has 1 unspecified atom stereocenters. The molecule has 1 heterocycles. The van der Waals surface area contributed by atoms with E-state index in [2.05, 4.69) is 48.4 Å². The van der Waals surface area contributed by atoms with Crippen LogP contribution in [0.1, 0.15) is 43.9 Å². The van der Waals surface area contributed by atoms with E-state index in [4.69, 9.17) is 5.11 Å². The van der Waals surface area contributed by atoms with Crippen molar-refractivity contribution < 1.29 is 14.7 Å². The van der Waals surface area contributed by atoms with E-state index in [9.17, 15) is 9.59 Å². The van der Waals surface area contributed by atoms with E-state index in [1.807, 2.05) is 13.0 Å². The van der Waals surface area contributed by atoms with Crippen molar-refractivity contribution in [3.63, 3.8) is 0 Å². The van der Waals surface area contributed by atoms with Gasteiger partial charge in [0.2, 0.25) is 5.91 Å². The van der Waals surface area contributed by atoms with Gasteiger partial charge in [-0.1, -0.05) is 50.7 Å². The topological polar surface area (TPSA) is 91.1 Å². The molecule has 2 rings (SSSR count). The van der Waals surface area contributed by atoms with Crippen molar-refractivity contribution in [1.29, 1.82) is 0 Å². The van der Waals surface area contributed by atoms with Gasteiger partial charge in [0.15, 0.2) is 5.17 Å². The number of carboxylic acids is 1. The fourth-order valence-corrected chi connectivity index (χ4v) is 3.09. The first-order valence-corrected chi connectivity index (χ1v) is 8.46. The van der Waals surface area contributed by atoms with Gasteiger partial charge in [-0.05, 0) is 29.0 Å². The predicted octanol–water partition coefficient (Wildman–Crippen LogP) is 2.69. The van der Waals surface area contributed by atoms with Crippen LogP contribution in [0.25, 0.3) is 0 Å². The van der Waals surface area contributed by atoms with Crippen molar-refractivity contribution in [1.82, 2.24) is 5.32 Å². The minimum absolute atomic E-state index is 0.0879. The van der Waals surface area contributed by atoms with Crippen LogP contribution in [0.15, 0.2) is 28.4 Å². The molecule has 0 radical (unpaired) electrons. The number of benzene rings is 1. The highest BCUT2D eigenvalue weighted by Gasteiger charge is 2.32. The van der Waals surface area contributed by atoms with Crippen LogP contribution in [0.5, 0.6) is 0 Å². The van der Waals surface area contributed by atoms with Crippen molar-refractivity contribution >= 4 is 35.0 Å².